The van der Waals surface area contributed by atoms with Crippen molar-refractivity contribution in [2.24, 2.45) is 0 Å². The van der Waals surface area contributed by atoms with Crippen molar-refractivity contribution in [2.75, 3.05) is 13.2 Å². The number of aliphatic hydroxyl groups excluding tert-OH is 2. The average Bonchev–Trinajstić information content (AvgIpc) is 2.53. The van der Waals surface area contributed by atoms with Crippen LogP contribution in [0, 0.1) is 0 Å². The second kappa shape index (κ2) is 23.8. The van der Waals surface area contributed by atoms with Gasteiger partial charge in [-0.1, -0.05) is 0 Å². The van der Waals surface area contributed by atoms with Crippen molar-refractivity contribution < 1.29 is 54.6 Å². The fourth-order valence-electron chi connectivity index (χ4n) is 0.632. The Morgan fingerprint density at radius 3 is 0.852 bits per heavy atom. The van der Waals surface area contributed by atoms with Crippen molar-refractivity contribution >= 4 is 23.9 Å². The monoisotopic (exact) mass is 400 g/mol. The van der Waals surface area contributed by atoms with Gasteiger partial charge < -0.3 is 35.4 Å². The molecule has 0 spiro atoms. The summed E-state index contributed by atoms with van der Waals surface area (Å²) in [5, 5.41) is 48.4. The third-order valence-corrected chi connectivity index (χ3v) is 2.21. The fraction of sp³-hybridized carbons (Fsp3) is 0.750. The first kappa shape index (κ1) is 32.4. The zero-order valence-corrected chi connectivity index (χ0v) is 16.1. The average molecular weight is 400 g/mol. The molecule has 0 aliphatic heterocycles. The molecular weight excluding hydrogens is 368 g/mol. The van der Waals surface area contributed by atoms with E-state index in [-0.39, 0.29) is 25.7 Å². The molecule has 0 saturated carbocycles. The van der Waals surface area contributed by atoms with Crippen LogP contribution in [-0.2, 0) is 23.9 Å². The van der Waals surface area contributed by atoms with Crippen LogP contribution < -0.4 is 0 Å². The molecular formula is C16H32O11. The minimum Gasteiger partial charge on any atom is -0.481 e. The van der Waals surface area contributed by atoms with Crippen LogP contribution in [0.4, 0.5) is 0 Å². The molecule has 0 heterocycles. The van der Waals surface area contributed by atoms with Gasteiger partial charge in [0.1, 0.15) is 0 Å². The van der Waals surface area contributed by atoms with Gasteiger partial charge >= 0.3 is 23.9 Å². The van der Waals surface area contributed by atoms with Crippen molar-refractivity contribution in [1.29, 1.82) is 0 Å². The quantitative estimate of drug-likeness (QED) is 0.317. The summed E-state index contributed by atoms with van der Waals surface area (Å²) in [5.74, 6) is -4.31. The van der Waals surface area contributed by atoms with Crippen LogP contribution in [0.25, 0.3) is 0 Å². The molecule has 0 aromatic carbocycles. The van der Waals surface area contributed by atoms with Crippen molar-refractivity contribution in [3.8, 4) is 0 Å². The first-order valence-corrected chi connectivity index (χ1v) is 8.12. The standard InChI is InChI=1S/2C4H6O4.C4H10O2.C4H10O/c2*5-3(6)1-2-4(7)8;1-3(5)4(2)6;1-3-5-4-2/h2*1-2H2,(H,5,6)(H,7,8);3-6H,1-2H3;3-4H2,1-2H3. The van der Waals surface area contributed by atoms with Gasteiger partial charge in [-0.3, -0.25) is 19.2 Å². The van der Waals surface area contributed by atoms with Gasteiger partial charge in [-0.15, -0.1) is 0 Å². The third-order valence-electron chi connectivity index (χ3n) is 2.21. The van der Waals surface area contributed by atoms with Gasteiger partial charge in [0.25, 0.3) is 0 Å². The highest BCUT2D eigenvalue weighted by atomic mass is 16.5. The minimum absolute atomic E-state index is 0.296. The summed E-state index contributed by atoms with van der Waals surface area (Å²) in [7, 11) is 0. The van der Waals surface area contributed by atoms with E-state index in [9.17, 15) is 19.2 Å². The molecule has 0 saturated heterocycles. The van der Waals surface area contributed by atoms with Crippen molar-refractivity contribution in [3.05, 3.63) is 0 Å². The van der Waals surface area contributed by atoms with E-state index in [0.717, 1.165) is 13.2 Å². The molecule has 0 aliphatic carbocycles. The van der Waals surface area contributed by atoms with E-state index in [0.29, 0.717) is 0 Å². The number of hydrogen-bond acceptors (Lipinski definition) is 7. The van der Waals surface area contributed by atoms with Crippen molar-refractivity contribution in [3.63, 3.8) is 0 Å². The van der Waals surface area contributed by atoms with Crippen LogP contribution in [0.5, 0.6) is 0 Å². The first-order valence-electron chi connectivity index (χ1n) is 8.12. The predicted molar refractivity (Wildman–Crippen MR) is 94.5 cm³/mol. The summed E-state index contributed by atoms with van der Waals surface area (Å²) in [6.07, 6.45) is -2.37. The smallest absolute Gasteiger partial charge is 0.303 e. The Hall–Kier alpha value is -2.24. The Bertz CT molecular complexity index is 328. The summed E-state index contributed by atoms with van der Waals surface area (Å²) < 4.78 is 4.83. The summed E-state index contributed by atoms with van der Waals surface area (Å²) >= 11 is 0. The highest BCUT2D eigenvalue weighted by molar-refractivity contribution is 5.75. The van der Waals surface area contributed by atoms with Crippen LogP contribution in [0.2, 0.25) is 0 Å². The first-order chi connectivity index (χ1) is 12.3. The second-order valence-electron chi connectivity index (χ2n) is 4.84. The molecule has 0 aromatic rings. The van der Waals surface area contributed by atoms with Crippen molar-refractivity contribution in [1.82, 2.24) is 0 Å². The summed E-state index contributed by atoms with van der Waals surface area (Å²) in [4.78, 5) is 38.6. The molecule has 0 aliphatic rings. The number of carbonyl (C=O) groups is 4. The van der Waals surface area contributed by atoms with Gasteiger partial charge in [-0.05, 0) is 27.7 Å². The lowest BCUT2D eigenvalue weighted by Gasteiger charge is -2.03. The maximum absolute atomic E-state index is 9.64. The fourth-order valence-corrected chi connectivity index (χ4v) is 0.632. The van der Waals surface area contributed by atoms with Crippen LogP contribution >= 0.6 is 0 Å². The van der Waals surface area contributed by atoms with Gasteiger partial charge in [0.05, 0.1) is 37.9 Å². The summed E-state index contributed by atoms with van der Waals surface area (Å²) in [5.41, 5.74) is 0. The van der Waals surface area contributed by atoms with Gasteiger partial charge in [-0.25, -0.2) is 0 Å². The molecule has 2 unspecified atom stereocenters. The lowest BCUT2D eigenvalue weighted by Crippen LogP contribution is -2.17. The Morgan fingerprint density at radius 1 is 0.630 bits per heavy atom. The second-order valence-corrected chi connectivity index (χ2v) is 4.84. The third kappa shape index (κ3) is 59.4. The van der Waals surface area contributed by atoms with Crippen LogP contribution in [0.1, 0.15) is 53.4 Å². The van der Waals surface area contributed by atoms with Gasteiger partial charge in [0, 0.05) is 13.2 Å². The van der Waals surface area contributed by atoms with Crippen LogP contribution in [0.3, 0.4) is 0 Å². The topological polar surface area (TPSA) is 199 Å². The molecule has 2 atom stereocenters. The lowest BCUT2D eigenvalue weighted by molar-refractivity contribution is -0.143. The summed E-state index contributed by atoms with van der Waals surface area (Å²) in [6.45, 7) is 8.76. The molecule has 0 rings (SSSR count). The van der Waals surface area contributed by atoms with E-state index in [1.807, 2.05) is 13.8 Å². The zero-order valence-electron chi connectivity index (χ0n) is 16.1. The van der Waals surface area contributed by atoms with Crippen LogP contribution in [0.15, 0.2) is 0 Å². The molecule has 27 heavy (non-hydrogen) atoms. The lowest BCUT2D eigenvalue weighted by atomic mass is 10.3. The highest BCUT2D eigenvalue weighted by Crippen LogP contribution is 1.87. The number of ether oxygens (including phenoxy) is 1. The van der Waals surface area contributed by atoms with E-state index < -0.39 is 36.1 Å². The van der Waals surface area contributed by atoms with E-state index in [1.54, 1.807) is 13.8 Å². The predicted octanol–water partition coefficient (Wildman–Crippen LogP) is 0.662. The molecule has 11 nitrogen and oxygen atoms in total. The Morgan fingerprint density at radius 2 is 0.815 bits per heavy atom. The van der Waals surface area contributed by atoms with Gasteiger partial charge in [0.2, 0.25) is 0 Å². The minimum atomic E-state index is -1.08. The molecule has 6 N–H and O–H groups in total. The Kier molecular flexibility index (Phi) is 28.5. The van der Waals surface area contributed by atoms with Gasteiger partial charge in [-0.2, -0.15) is 0 Å². The largest absolute Gasteiger partial charge is 0.481 e. The zero-order chi connectivity index (χ0) is 22.4. The number of aliphatic hydroxyl groups is 2. The SMILES string of the molecule is CC(O)C(C)O.CCOCC.O=C(O)CCC(=O)O.O=C(O)CCC(=O)O. The number of aliphatic carboxylic acids is 4. The molecule has 0 amide bonds. The Labute approximate surface area is 158 Å². The van der Waals surface area contributed by atoms with Gasteiger partial charge in [0.15, 0.2) is 0 Å². The Balaban J connectivity index is -0.000000133. The molecule has 11 heteroatoms. The maximum Gasteiger partial charge on any atom is 0.303 e. The van der Waals surface area contributed by atoms with E-state index >= 15 is 0 Å². The molecule has 0 radical (unpaired) electrons. The number of hydrogen-bond donors (Lipinski definition) is 6. The number of carboxylic acids is 4. The van der Waals surface area contributed by atoms with E-state index in [4.69, 9.17) is 35.4 Å². The molecule has 0 aromatic heterocycles. The number of rotatable bonds is 9. The summed E-state index contributed by atoms with van der Waals surface area (Å²) in [6, 6.07) is 0. The number of carboxylic acid groups (broad SMARTS) is 4. The van der Waals surface area contributed by atoms with Crippen LogP contribution in [-0.4, -0.2) is 79.9 Å². The molecule has 162 valence electrons. The normalized spacial score (nSPS) is 11.0. The molecule has 0 bridgehead atoms. The maximum atomic E-state index is 9.64. The van der Waals surface area contributed by atoms with Crippen molar-refractivity contribution in [2.45, 2.75) is 65.6 Å². The molecule has 0 fully saturated rings. The van der Waals surface area contributed by atoms with E-state index in [2.05, 4.69) is 0 Å². The van der Waals surface area contributed by atoms with E-state index in [1.165, 1.54) is 0 Å². The highest BCUT2D eigenvalue weighted by Gasteiger charge is 2.01.